The van der Waals surface area contributed by atoms with Crippen molar-refractivity contribution < 1.29 is 14.6 Å². The van der Waals surface area contributed by atoms with Crippen molar-refractivity contribution >= 4 is 5.91 Å². The first-order chi connectivity index (χ1) is 14.4. The second-order valence-electron chi connectivity index (χ2n) is 8.62. The predicted octanol–water partition coefficient (Wildman–Crippen LogP) is 1.81. The Labute approximate surface area is 180 Å². The van der Waals surface area contributed by atoms with Crippen LogP contribution >= 0.6 is 0 Å². The number of ether oxygens (including phenoxy) is 1. The normalized spacial score (nSPS) is 22.4. The van der Waals surface area contributed by atoms with E-state index in [2.05, 4.69) is 39.4 Å². The summed E-state index contributed by atoms with van der Waals surface area (Å²) < 4.78 is 5.77. The highest BCUT2D eigenvalue weighted by Crippen LogP contribution is 2.24. The zero-order valence-corrected chi connectivity index (χ0v) is 18.4. The Bertz CT molecular complexity index is 775. The van der Waals surface area contributed by atoms with Crippen molar-refractivity contribution in [2.24, 2.45) is 11.8 Å². The van der Waals surface area contributed by atoms with Crippen LogP contribution < -0.4 is 5.32 Å². The van der Waals surface area contributed by atoms with Crippen LogP contribution in [0.2, 0.25) is 0 Å². The minimum Gasteiger partial charge on any atom is -0.493 e. The van der Waals surface area contributed by atoms with Crippen LogP contribution in [0, 0.1) is 11.8 Å². The van der Waals surface area contributed by atoms with Gasteiger partial charge in [0.05, 0.1) is 12.0 Å². The fourth-order valence-electron chi connectivity index (χ4n) is 3.92. The molecule has 0 saturated heterocycles. The first-order valence-corrected chi connectivity index (χ1v) is 10.8. The quantitative estimate of drug-likeness (QED) is 0.646. The lowest BCUT2D eigenvalue weighted by atomic mass is 9.88. The Morgan fingerprint density at radius 3 is 2.87 bits per heavy atom. The Balaban J connectivity index is 1.45. The Kier molecular flexibility index (Phi) is 8.08. The number of aliphatic hydroxyl groups is 1. The van der Waals surface area contributed by atoms with Crippen LogP contribution in [0.4, 0.5) is 0 Å². The van der Waals surface area contributed by atoms with Gasteiger partial charge in [0, 0.05) is 32.7 Å². The number of β-amino-alcohol motifs (C(OH)–C–C–N with tert-alkyl or cyclic N) is 1. The number of likely N-dealkylation sites (N-methyl/N-ethyl adjacent to an activating group) is 1. The number of aliphatic hydroxyl groups excluding tert-OH is 1. The minimum absolute atomic E-state index is 0.0661. The van der Waals surface area contributed by atoms with E-state index in [1.54, 1.807) is 0 Å². The molecule has 1 aromatic rings. The van der Waals surface area contributed by atoms with Crippen LogP contribution in [-0.2, 0) is 22.5 Å². The zero-order chi connectivity index (χ0) is 21.5. The molecule has 0 fully saturated rings. The molecule has 1 aromatic carbocycles. The number of carbonyl (C=O) groups excluding carboxylic acids is 1. The van der Waals surface area contributed by atoms with E-state index in [0.717, 1.165) is 31.8 Å². The van der Waals surface area contributed by atoms with Crippen molar-refractivity contribution in [1.29, 1.82) is 0 Å². The molecule has 0 spiro atoms. The van der Waals surface area contributed by atoms with E-state index in [0.29, 0.717) is 13.2 Å². The molecule has 0 aromatic heterocycles. The molecular weight excluding hydrogens is 378 g/mol. The third-order valence-electron chi connectivity index (χ3n) is 5.77. The van der Waals surface area contributed by atoms with Crippen LogP contribution in [-0.4, -0.2) is 73.8 Å². The molecule has 0 bridgehead atoms. The SMILES string of the molecule is CC1C=CC(OCCN(C)C)=CC1C(=O)NCC(O)CN1CCc2ccccc2C1. The molecule has 1 amide bonds. The first-order valence-electron chi connectivity index (χ1n) is 10.8. The van der Waals surface area contributed by atoms with Crippen molar-refractivity contribution in [3.63, 3.8) is 0 Å². The lowest BCUT2D eigenvalue weighted by Gasteiger charge is -2.30. The summed E-state index contributed by atoms with van der Waals surface area (Å²) in [5.74, 6) is 0.492. The second-order valence-corrected chi connectivity index (χ2v) is 8.62. The molecular formula is C24H35N3O3. The van der Waals surface area contributed by atoms with E-state index in [-0.39, 0.29) is 24.3 Å². The lowest BCUT2D eigenvalue weighted by Crippen LogP contribution is -2.43. The lowest BCUT2D eigenvalue weighted by molar-refractivity contribution is -0.125. The Hall–Kier alpha value is -2.15. The van der Waals surface area contributed by atoms with Gasteiger partial charge in [-0.1, -0.05) is 37.3 Å². The van der Waals surface area contributed by atoms with Gasteiger partial charge in [-0.25, -0.2) is 0 Å². The molecule has 164 valence electrons. The fourth-order valence-corrected chi connectivity index (χ4v) is 3.92. The maximum Gasteiger partial charge on any atom is 0.227 e. The van der Waals surface area contributed by atoms with Crippen LogP contribution in [0.1, 0.15) is 18.1 Å². The summed E-state index contributed by atoms with van der Waals surface area (Å²) in [5, 5.41) is 13.4. The van der Waals surface area contributed by atoms with Crippen molar-refractivity contribution in [2.45, 2.75) is 26.0 Å². The van der Waals surface area contributed by atoms with Gasteiger partial charge in [-0.2, -0.15) is 0 Å². The van der Waals surface area contributed by atoms with Gasteiger partial charge >= 0.3 is 0 Å². The van der Waals surface area contributed by atoms with Gasteiger partial charge in [0.15, 0.2) is 0 Å². The average molecular weight is 414 g/mol. The van der Waals surface area contributed by atoms with E-state index in [4.69, 9.17) is 4.74 Å². The summed E-state index contributed by atoms with van der Waals surface area (Å²) in [6, 6.07) is 8.46. The van der Waals surface area contributed by atoms with Gasteiger partial charge in [-0.3, -0.25) is 9.69 Å². The monoisotopic (exact) mass is 413 g/mol. The molecule has 6 nitrogen and oxygen atoms in total. The molecule has 2 N–H and O–H groups in total. The van der Waals surface area contributed by atoms with Gasteiger partial charge in [0.25, 0.3) is 0 Å². The molecule has 0 saturated carbocycles. The molecule has 1 aliphatic heterocycles. The second kappa shape index (κ2) is 10.8. The third-order valence-corrected chi connectivity index (χ3v) is 5.77. The molecule has 30 heavy (non-hydrogen) atoms. The van der Waals surface area contributed by atoms with Crippen molar-refractivity contribution in [1.82, 2.24) is 15.1 Å². The maximum atomic E-state index is 12.7. The number of allylic oxidation sites excluding steroid dienone is 2. The van der Waals surface area contributed by atoms with Crippen LogP contribution in [0.15, 0.2) is 48.3 Å². The fraction of sp³-hybridized carbons (Fsp3) is 0.542. The largest absolute Gasteiger partial charge is 0.493 e. The highest BCUT2D eigenvalue weighted by Gasteiger charge is 2.26. The van der Waals surface area contributed by atoms with Gasteiger partial charge in [0.1, 0.15) is 12.4 Å². The number of amides is 1. The number of nitrogens with zero attached hydrogens (tertiary/aromatic N) is 2. The highest BCUT2D eigenvalue weighted by molar-refractivity contribution is 5.81. The van der Waals surface area contributed by atoms with Crippen LogP contribution in [0.5, 0.6) is 0 Å². The van der Waals surface area contributed by atoms with Gasteiger partial charge in [-0.15, -0.1) is 0 Å². The summed E-state index contributed by atoms with van der Waals surface area (Å²) in [5.41, 5.74) is 2.72. The zero-order valence-electron chi connectivity index (χ0n) is 18.4. The summed E-state index contributed by atoms with van der Waals surface area (Å²) in [4.78, 5) is 17.0. The summed E-state index contributed by atoms with van der Waals surface area (Å²) in [7, 11) is 4.00. The number of hydrogen-bond acceptors (Lipinski definition) is 5. The number of benzene rings is 1. The van der Waals surface area contributed by atoms with Crippen LogP contribution in [0.25, 0.3) is 0 Å². The summed E-state index contributed by atoms with van der Waals surface area (Å²) in [6.07, 6.45) is 6.25. The maximum absolute atomic E-state index is 12.7. The van der Waals surface area contributed by atoms with Gasteiger partial charge in [0.2, 0.25) is 5.91 Å². The standard InChI is InChI=1S/C24H35N3O3/c1-18-8-9-22(30-13-12-26(2)3)14-23(18)24(29)25-15-21(28)17-27-11-10-19-6-4-5-7-20(19)16-27/h4-9,14,18,21,23,28H,10-13,15-17H2,1-3H3,(H,25,29). The number of hydrogen-bond donors (Lipinski definition) is 2. The topological polar surface area (TPSA) is 65.0 Å². The summed E-state index contributed by atoms with van der Waals surface area (Å²) in [6.45, 7) is 6.03. The van der Waals surface area contributed by atoms with Crippen molar-refractivity contribution in [3.05, 3.63) is 59.4 Å². The highest BCUT2D eigenvalue weighted by atomic mass is 16.5. The van der Waals surface area contributed by atoms with Crippen LogP contribution in [0.3, 0.4) is 0 Å². The number of nitrogens with one attached hydrogen (secondary N) is 1. The third kappa shape index (κ3) is 6.42. The molecule has 3 rings (SSSR count). The smallest absolute Gasteiger partial charge is 0.227 e. The Morgan fingerprint density at radius 2 is 2.10 bits per heavy atom. The average Bonchev–Trinajstić information content (AvgIpc) is 2.73. The number of fused-ring (bicyclic) bond motifs is 1. The predicted molar refractivity (Wildman–Crippen MR) is 119 cm³/mol. The molecule has 3 unspecified atom stereocenters. The van der Waals surface area contributed by atoms with E-state index in [9.17, 15) is 9.90 Å². The molecule has 0 radical (unpaired) electrons. The van der Waals surface area contributed by atoms with E-state index >= 15 is 0 Å². The van der Waals surface area contributed by atoms with E-state index in [1.165, 1.54) is 11.1 Å². The van der Waals surface area contributed by atoms with Crippen molar-refractivity contribution in [2.75, 3.05) is 46.9 Å². The van der Waals surface area contributed by atoms with Gasteiger partial charge < -0.3 is 20.1 Å². The minimum atomic E-state index is -0.589. The van der Waals surface area contributed by atoms with E-state index < -0.39 is 6.10 Å². The number of rotatable bonds is 9. The first kappa shape index (κ1) is 22.5. The van der Waals surface area contributed by atoms with Crippen molar-refractivity contribution in [3.8, 4) is 0 Å². The Morgan fingerprint density at radius 1 is 1.33 bits per heavy atom. The number of carbonyl (C=O) groups is 1. The summed E-state index contributed by atoms with van der Waals surface area (Å²) >= 11 is 0. The molecule has 6 heteroatoms. The van der Waals surface area contributed by atoms with E-state index in [1.807, 2.05) is 39.2 Å². The molecule has 1 heterocycles. The molecule has 3 atom stereocenters. The van der Waals surface area contributed by atoms with Gasteiger partial charge in [-0.05, 0) is 49.7 Å². The molecule has 1 aliphatic carbocycles. The molecule has 2 aliphatic rings.